The summed E-state index contributed by atoms with van der Waals surface area (Å²) in [6, 6.07) is 31.6. The van der Waals surface area contributed by atoms with Gasteiger partial charge in [0.1, 0.15) is 0 Å². The van der Waals surface area contributed by atoms with Crippen LogP contribution in [-0.4, -0.2) is 17.7 Å². The topological polar surface area (TPSA) is 0 Å². The molecule has 98 valence electrons. The van der Waals surface area contributed by atoms with E-state index in [1.807, 2.05) is 18.2 Å². The van der Waals surface area contributed by atoms with Gasteiger partial charge in [-0.05, 0) is 0 Å². The number of hydrogen-bond donors (Lipinski definition) is 0. The van der Waals surface area contributed by atoms with Crippen molar-refractivity contribution in [1.82, 2.24) is 0 Å². The Morgan fingerprint density at radius 3 is 0.950 bits per heavy atom. The predicted octanol–water partition coefficient (Wildman–Crippen LogP) is 2.89. The molecule has 0 atom stereocenters. The zero-order valence-corrected chi connectivity index (χ0v) is 14.3. The first-order valence-corrected chi connectivity index (χ1v) is 13.6. The Morgan fingerprint density at radius 1 is 0.450 bits per heavy atom. The van der Waals surface area contributed by atoms with Crippen LogP contribution in [0.1, 0.15) is 0 Å². The van der Waals surface area contributed by atoms with Crippen molar-refractivity contribution in [2.24, 2.45) is 0 Å². The van der Waals surface area contributed by atoms with Gasteiger partial charge in [-0.3, -0.25) is 0 Å². The van der Waals surface area contributed by atoms with Gasteiger partial charge in [-0.25, -0.2) is 0 Å². The SMILES string of the molecule is [Cl][Sb+]([c]1ccccc1)([c]1ccccc1)[c]1ccccc1. The fourth-order valence-electron chi connectivity index (χ4n) is 2.35. The molecule has 0 radical (unpaired) electrons. The van der Waals surface area contributed by atoms with Crippen molar-refractivity contribution in [2.75, 3.05) is 0 Å². The first-order chi connectivity index (χ1) is 9.82. The fourth-order valence-corrected chi connectivity index (χ4v) is 12.2. The molecule has 0 aliphatic carbocycles. The Labute approximate surface area is 127 Å². The summed E-state index contributed by atoms with van der Waals surface area (Å²) in [4.78, 5) is 0. The van der Waals surface area contributed by atoms with E-state index in [1.54, 1.807) is 0 Å². The zero-order chi connectivity index (χ0) is 13.8. The van der Waals surface area contributed by atoms with Gasteiger partial charge in [-0.1, -0.05) is 0 Å². The molecule has 0 aliphatic heterocycles. The molecule has 0 aliphatic rings. The van der Waals surface area contributed by atoms with E-state index < -0.39 is 17.7 Å². The fraction of sp³-hybridized carbons (Fsp3) is 0. The summed E-state index contributed by atoms with van der Waals surface area (Å²) in [5.41, 5.74) is 0. The van der Waals surface area contributed by atoms with Crippen molar-refractivity contribution >= 4 is 37.0 Å². The van der Waals surface area contributed by atoms with E-state index in [0.29, 0.717) is 0 Å². The third kappa shape index (κ3) is 2.51. The van der Waals surface area contributed by atoms with Crippen molar-refractivity contribution in [3.05, 3.63) is 91.0 Å². The van der Waals surface area contributed by atoms with E-state index in [2.05, 4.69) is 72.8 Å². The van der Waals surface area contributed by atoms with Crippen LogP contribution in [0.4, 0.5) is 0 Å². The number of hydrogen-bond acceptors (Lipinski definition) is 0. The maximum absolute atomic E-state index is 7.32. The Kier molecular flexibility index (Phi) is 4.15. The summed E-state index contributed by atoms with van der Waals surface area (Å²) in [5, 5.41) is 0. The van der Waals surface area contributed by atoms with Gasteiger partial charge in [0.15, 0.2) is 0 Å². The Bertz CT molecular complexity index is 569. The number of rotatable bonds is 3. The van der Waals surface area contributed by atoms with Gasteiger partial charge < -0.3 is 0 Å². The first-order valence-electron chi connectivity index (χ1n) is 6.57. The second kappa shape index (κ2) is 6.04. The van der Waals surface area contributed by atoms with Crippen molar-refractivity contribution in [1.29, 1.82) is 0 Å². The monoisotopic (exact) mass is 387 g/mol. The minimum absolute atomic E-state index is 1.28. The van der Waals surface area contributed by atoms with Gasteiger partial charge in [0.2, 0.25) is 0 Å². The molecule has 0 saturated heterocycles. The third-order valence-corrected chi connectivity index (χ3v) is 15.9. The molecule has 0 fully saturated rings. The molecule has 0 N–H and O–H groups in total. The molecule has 3 aromatic carbocycles. The van der Waals surface area contributed by atoms with Crippen LogP contribution in [0.15, 0.2) is 91.0 Å². The summed E-state index contributed by atoms with van der Waals surface area (Å²) in [6.07, 6.45) is 0. The van der Waals surface area contributed by atoms with E-state index >= 15 is 0 Å². The molecular weight excluding hydrogens is 373 g/mol. The van der Waals surface area contributed by atoms with Crippen molar-refractivity contribution in [2.45, 2.75) is 0 Å². The molecule has 3 aromatic rings. The molecule has 0 spiro atoms. The van der Waals surface area contributed by atoms with Crippen LogP contribution in [0.5, 0.6) is 0 Å². The van der Waals surface area contributed by atoms with Gasteiger partial charge in [0.25, 0.3) is 0 Å². The quantitative estimate of drug-likeness (QED) is 0.606. The first kappa shape index (κ1) is 13.7. The number of benzene rings is 3. The third-order valence-electron chi connectivity index (χ3n) is 3.34. The van der Waals surface area contributed by atoms with E-state index in [9.17, 15) is 0 Å². The molecule has 0 nitrogen and oxygen atoms in total. The Balaban J connectivity index is 2.24. The summed E-state index contributed by atoms with van der Waals surface area (Å²) in [7, 11) is 7.32. The molecular formula is C18H15ClSb+. The number of halogens is 1. The molecule has 3 rings (SSSR count). The van der Waals surface area contributed by atoms with Gasteiger partial charge in [-0.2, -0.15) is 0 Å². The average molecular weight is 389 g/mol. The molecule has 0 saturated carbocycles. The van der Waals surface area contributed by atoms with Gasteiger partial charge in [-0.15, -0.1) is 0 Å². The second-order valence-electron chi connectivity index (χ2n) is 4.60. The van der Waals surface area contributed by atoms with Crippen LogP contribution in [-0.2, 0) is 0 Å². The van der Waals surface area contributed by atoms with E-state index in [1.165, 1.54) is 10.5 Å². The minimum atomic E-state index is -3.18. The summed E-state index contributed by atoms with van der Waals surface area (Å²) in [6.45, 7) is 0. The molecule has 0 bridgehead atoms. The van der Waals surface area contributed by atoms with Crippen LogP contribution in [0.3, 0.4) is 0 Å². The van der Waals surface area contributed by atoms with Gasteiger partial charge in [0.05, 0.1) is 0 Å². The zero-order valence-electron chi connectivity index (χ0n) is 11.0. The van der Waals surface area contributed by atoms with Crippen LogP contribution in [0, 0.1) is 0 Å². The maximum atomic E-state index is 7.32. The Morgan fingerprint density at radius 2 is 0.700 bits per heavy atom. The van der Waals surface area contributed by atoms with Crippen LogP contribution >= 0.6 is 8.83 Å². The summed E-state index contributed by atoms with van der Waals surface area (Å²) < 4.78 is 3.85. The summed E-state index contributed by atoms with van der Waals surface area (Å²) in [5.74, 6) is 0. The van der Waals surface area contributed by atoms with Gasteiger partial charge in [0, 0.05) is 0 Å². The van der Waals surface area contributed by atoms with E-state index in [0.717, 1.165) is 0 Å². The molecule has 0 aromatic heterocycles. The predicted molar refractivity (Wildman–Crippen MR) is 89.8 cm³/mol. The normalized spacial score (nSPS) is 11.2. The average Bonchev–Trinajstić information content (AvgIpc) is 2.56. The Hall–Kier alpha value is -1.23. The van der Waals surface area contributed by atoms with Crippen LogP contribution in [0.25, 0.3) is 0 Å². The van der Waals surface area contributed by atoms with Crippen LogP contribution in [0.2, 0.25) is 0 Å². The second-order valence-corrected chi connectivity index (χ2v) is 15.8. The van der Waals surface area contributed by atoms with Crippen molar-refractivity contribution < 1.29 is 0 Å². The molecule has 0 unspecified atom stereocenters. The molecule has 2 heteroatoms. The molecule has 20 heavy (non-hydrogen) atoms. The molecule has 0 heterocycles. The van der Waals surface area contributed by atoms with Crippen molar-refractivity contribution in [3.63, 3.8) is 0 Å². The van der Waals surface area contributed by atoms with Crippen molar-refractivity contribution in [3.8, 4) is 0 Å². The molecule has 0 amide bonds. The van der Waals surface area contributed by atoms with E-state index in [4.69, 9.17) is 8.83 Å². The van der Waals surface area contributed by atoms with E-state index in [-0.39, 0.29) is 0 Å². The summed E-state index contributed by atoms with van der Waals surface area (Å²) >= 11 is -3.18. The standard InChI is InChI=1S/3C6H5.ClH.Sb/c3*1-2-4-6-5-3-1;;/h3*1-5H;1H;/q;;;;+2/p-1. The van der Waals surface area contributed by atoms with Crippen LogP contribution < -0.4 is 10.5 Å². The van der Waals surface area contributed by atoms with Gasteiger partial charge >= 0.3 is 128 Å².